The van der Waals surface area contributed by atoms with Crippen molar-refractivity contribution in [3.8, 4) is 0 Å². The van der Waals surface area contributed by atoms with Gasteiger partial charge in [-0.2, -0.15) is 0 Å². The van der Waals surface area contributed by atoms with Crippen LogP contribution >= 0.6 is 22.9 Å². The van der Waals surface area contributed by atoms with Crippen LogP contribution in [0.3, 0.4) is 0 Å². The first kappa shape index (κ1) is 9.56. The van der Waals surface area contributed by atoms with Crippen molar-refractivity contribution in [1.82, 2.24) is 5.32 Å². The quantitative estimate of drug-likeness (QED) is 0.835. The number of hydrogen-bond donors (Lipinski definition) is 1. The summed E-state index contributed by atoms with van der Waals surface area (Å²) in [7, 11) is 0. The molecule has 1 aromatic heterocycles. The van der Waals surface area contributed by atoms with Gasteiger partial charge in [0.2, 0.25) is 0 Å². The molecule has 0 aliphatic rings. The summed E-state index contributed by atoms with van der Waals surface area (Å²) in [6.07, 6.45) is 1.70. The second-order valence-electron chi connectivity index (χ2n) is 2.99. The molecule has 0 unspecified atom stereocenters. The summed E-state index contributed by atoms with van der Waals surface area (Å²) < 4.78 is 1.27. The van der Waals surface area contributed by atoms with Crippen LogP contribution in [0.2, 0.25) is 5.02 Å². The Kier molecular flexibility index (Phi) is 2.75. The second kappa shape index (κ2) is 4.03. The van der Waals surface area contributed by atoms with E-state index in [1.807, 2.05) is 12.1 Å². The average Bonchev–Trinajstić information content (AvgIpc) is 2.57. The second-order valence-corrected chi connectivity index (χ2v) is 4.33. The van der Waals surface area contributed by atoms with E-state index in [9.17, 15) is 0 Å². The molecule has 1 aromatic carbocycles. The summed E-state index contributed by atoms with van der Waals surface area (Å²) in [6, 6.07) is 5.98. The molecule has 1 N–H and O–H groups in total. The zero-order valence-electron chi connectivity index (χ0n) is 7.59. The normalized spacial score (nSPS) is 10.4. The Morgan fingerprint density at radius 3 is 3.14 bits per heavy atom. The molecule has 0 aliphatic carbocycles. The van der Waals surface area contributed by atoms with E-state index >= 15 is 0 Å². The summed E-state index contributed by atoms with van der Waals surface area (Å²) >= 11 is 7.69. The van der Waals surface area contributed by atoms with Crippen LogP contribution in [0.1, 0.15) is 5.56 Å². The molecule has 0 spiro atoms. The fraction of sp³-hybridized carbons (Fsp3) is 0.0909. The Bertz CT molecular complexity index is 461. The fourth-order valence-corrected chi connectivity index (χ4v) is 2.49. The molecular formula is C11H10ClNS. The molecule has 0 atom stereocenters. The predicted molar refractivity (Wildman–Crippen MR) is 63.9 cm³/mol. The SMILES string of the molecule is C=CNCc1csc2ccc(Cl)cc12. The monoisotopic (exact) mass is 223 g/mol. The maximum atomic E-state index is 5.95. The molecule has 72 valence electrons. The summed E-state index contributed by atoms with van der Waals surface area (Å²) in [5.74, 6) is 0. The predicted octanol–water partition coefficient (Wildman–Crippen LogP) is 3.79. The minimum Gasteiger partial charge on any atom is -0.387 e. The number of benzene rings is 1. The smallest absolute Gasteiger partial charge is 0.0413 e. The fourth-order valence-electron chi connectivity index (χ4n) is 1.37. The number of nitrogens with one attached hydrogen (secondary N) is 1. The van der Waals surface area contributed by atoms with Gasteiger partial charge < -0.3 is 5.32 Å². The van der Waals surface area contributed by atoms with Gasteiger partial charge >= 0.3 is 0 Å². The van der Waals surface area contributed by atoms with E-state index < -0.39 is 0 Å². The number of rotatable bonds is 3. The van der Waals surface area contributed by atoms with Crippen LogP contribution in [-0.4, -0.2) is 0 Å². The lowest BCUT2D eigenvalue weighted by Gasteiger charge is -1.99. The first-order chi connectivity index (χ1) is 6.81. The average molecular weight is 224 g/mol. The van der Waals surface area contributed by atoms with Crippen molar-refractivity contribution in [3.63, 3.8) is 0 Å². The zero-order valence-corrected chi connectivity index (χ0v) is 9.16. The Balaban J connectivity index is 2.44. The number of halogens is 1. The van der Waals surface area contributed by atoms with Crippen molar-refractivity contribution in [3.05, 3.63) is 46.9 Å². The summed E-state index contributed by atoms with van der Waals surface area (Å²) in [5.41, 5.74) is 1.27. The summed E-state index contributed by atoms with van der Waals surface area (Å²) in [6.45, 7) is 4.43. The molecule has 2 rings (SSSR count). The third-order valence-corrected chi connectivity index (χ3v) is 3.30. The Labute approximate surface area is 92.0 Å². The van der Waals surface area contributed by atoms with Crippen LogP contribution in [0.15, 0.2) is 36.4 Å². The van der Waals surface area contributed by atoms with Gasteiger partial charge in [-0.1, -0.05) is 18.2 Å². The highest BCUT2D eigenvalue weighted by Gasteiger charge is 2.03. The molecule has 0 aliphatic heterocycles. The molecule has 0 radical (unpaired) electrons. The third-order valence-electron chi connectivity index (χ3n) is 2.05. The molecule has 0 fully saturated rings. The van der Waals surface area contributed by atoms with Crippen molar-refractivity contribution in [2.24, 2.45) is 0 Å². The topological polar surface area (TPSA) is 12.0 Å². The molecular weight excluding hydrogens is 214 g/mol. The van der Waals surface area contributed by atoms with Gasteiger partial charge in [0, 0.05) is 16.3 Å². The van der Waals surface area contributed by atoms with Crippen LogP contribution in [0.4, 0.5) is 0 Å². The molecule has 0 saturated carbocycles. The van der Waals surface area contributed by atoms with Gasteiger partial charge in [0.15, 0.2) is 0 Å². The molecule has 1 heterocycles. The lowest BCUT2D eigenvalue weighted by Crippen LogP contribution is -2.02. The molecule has 1 nitrogen and oxygen atoms in total. The van der Waals surface area contributed by atoms with E-state index in [0.29, 0.717) is 0 Å². The van der Waals surface area contributed by atoms with Crippen LogP contribution in [0, 0.1) is 0 Å². The third kappa shape index (κ3) is 1.76. The van der Waals surface area contributed by atoms with Crippen LogP contribution < -0.4 is 5.32 Å². The van der Waals surface area contributed by atoms with Gasteiger partial charge in [-0.15, -0.1) is 11.3 Å². The van der Waals surface area contributed by atoms with E-state index in [1.54, 1.807) is 17.5 Å². The zero-order chi connectivity index (χ0) is 9.97. The largest absolute Gasteiger partial charge is 0.387 e. The minimum atomic E-state index is 0.788. The molecule has 2 aromatic rings. The van der Waals surface area contributed by atoms with Gasteiger partial charge in [0.05, 0.1) is 0 Å². The maximum absolute atomic E-state index is 5.95. The number of thiophene rings is 1. The molecule has 0 saturated heterocycles. The molecule has 0 bridgehead atoms. The van der Waals surface area contributed by atoms with Crippen LogP contribution in [0.5, 0.6) is 0 Å². The lowest BCUT2D eigenvalue weighted by atomic mass is 10.2. The Hall–Kier alpha value is -0.990. The van der Waals surface area contributed by atoms with Gasteiger partial charge in [-0.05, 0) is 40.7 Å². The van der Waals surface area contributed by atoms with Crippen molar-refractivity contribution < 1.29 is 0 Å². The Morgan fingerprint density at radius 1 is 1.50 bits per heavy atom. The standard InChI is InChI=1S/C11H10ClNS/c1-2-13-6-8-7-14-11-4-3-9(12)5-10(8)11/h2-5,7,13H,1,6H2. The minimum absolute atomic E-state index is 0.788. The van der Waals surface area contributed by atoms with Crippen LogP contribution in [0.25, 0.3) is 10.1 Å². The highest BCUT2D eigenvalue weighted by Crippen LogP contribution is 2.28. The summed E-state index contributed by atoms with van der Waals surface area (Å²) in [4.78, 5) is 0. The number of fused-ring (bicyclic) bond motifs is 1. The van der Waals surface area contributed by atoms with Gasteiger partial charge in [-0.25, -0.2) is 0 Å². The highest BCUT2D eigenvalue weighted by atomic mass is 35.5. The van der Waals surface area contributed by atoms with Crippen LogP contribution in [-0.2, 0) is 6.54 Å². The number of hydrogen-bond acceptors (Lipinski definition) is 2. The van der Waals surface area contributed by atoms with Crippen molar-refractivity contribution in [2.45, 2.75) is 6.54 Å². The summed E-state index contributed by atoms with van der Waals surface area (Å²) in [5, 5.41) is 7.26. The van der Waals surface area contributed by atoms with E-state index in [-0.39, 0.29) is 0 Å². The van der Waals surface area contributed by atoms with E-state index in [4.69, 9.17) is 11.6 Å². The molecule has 14 heavy (non-hydrogen) atoms. The van der Waals surface area contributed by atoms with E-state index in [1.165, 1.54) is 15.6 Å². The maximum Gasteiger partial charge on any atom is 0.0413 e. The van der Waals surface area contributed by atoms with E-state index in [2.05, 4.69) is 23.3 Å². The molecule has 0 amide bonds. The van der Waals surface area contributed by atoms with Crippen molar-refractivity contribution >= 4 is 33.0 Å². The Morgan fingerprint density at radius 2 is 2.36 bits per heavy atom. The first-order valence-corrected chi connectivity index (χ1v) is 5.57. The molecule has 3 heteroatoms. The van der Waals surface area contributed by atoms with Gasteiger partial charge in [-0.3, -0.25) is 0 Å². The van der Waals surface area contributed by atoms with Crippen molar-refractivity contribution in [2.75, 3.05) is 0 Å². The van der Waals surface area contributed by atoms with Gasteiger partial charge in [0.1, 0.15) is 0 Å². The highest BCUT2D eigenvalue weighted by molar-refractivity contribution is 7.17. The van der Waals surface area contributed by atoms with Crippen molar-refractivity contribution in [1.29, 1.82) is 0 Å². The lowest BCUT2D eigenvalue weighted by molar-refractivity contribution is 0.883. The van der Waals surface area contributed by atoms with Gasteiger partial charge in [0.25, 0.3) is 0 Å². The first-order valence-electron chi connectivity index (χ1n) is 4.31. The van der Waals surface area contributed by atoms with E-state index in [0.717, 1.165) is 11.6 Å².